The monoisotopic (exact) mass is 468 g/mol. The van der Waals surface area contributed by atoms with Crippen molar-refractivity contribution >= 4 is 35.3 Å². The van der Waals surface area contributed by atoms with E-state index < -0.39 is 17.8 Å². The molecule has 7 heteroatoms. The van der Waals surface area contributed by atoms with E-state index in [4.69, 9.17) is 4.74 Å². The van der Waals surface area contributed by atoms with Crippen LogP contribution in [0.4, 0.5) is 16.2 Å². The summed E-state index contributed by atoms with van der Waals surface area (Å²) in [4.78, 5) is 42.4. The molecular weight excluding hydrogens is 444 g/mol. The summed E-state index contributed by atoms with van der Waals surface area (Å²) in [5, 5.41) is 10.5. The molecule has 35 heavy (non-hydrogen) atoms. The number of phenols is 1. The first-order chi connectivity index (χ1) is 17.0. The lowest BCUT2D eigenvalue weighted by molar-refractivity contribution is -0.121. The minimum Gasteiger partial charge on any atom is -0.504 e. The van der Waals surface area contributed by atoms with Gasteiger partial charge >= 0.3 is 6.03 Å². The van der Waals surface area contributed by atoms with Gasteiger partial charge in [0.2, 0.25) is 0 Å². The number of nitrogens with zero attached hydrogens (tertiary/aromatic N) is 2. The molecule has 0 saturated carbocycles. The molecule has 0 radical (unpaired) electrons. The van der Waals surface area contributed by atoms with Gasteiger partial charge in [0, 0.05) is 5.56 Å². The molecule has 3 aromatic carbocycles. The second kappa shape index (κ2) is 10.1. The molecule has 4 amide bonds. The van der Waals surface area contributed by atoms with E-state index in [1.807, 2.05) is 0 Å². The zero-order valence-corrected chi connectivity index (χ0v) is 19.2. The van der Waals surface area contributed by atoms with Crippen LogP contribution < -0.4 is 14.5 Å². The maximum absolute atomic E-state index is 13.5. The Bertz CT molecular complexity index is 1250. The number of hydrogen-bond donors (Lipinski definition) is 1. The number of anilines is 2. The standard InChI is InChI=1S/C28H24N2O5/c1-3-11-20-16-19(18-24(25(20)31)35-4-2)17-23-26(32)29(21-12-7-5-8-13-21)28(34)30(27(23)33)22-14-9-6-10-15-22/h3,5-10,12-18,31H,1,4,11H2,2H3. The molecule has 0 aromatic heterocycles. The van der Waals surface area contributed by atoms with E-state index in [1.165, 1.54) is 6.08 Å². The Morgan fingerprint density at radius 2 is 1.43 bits per heavy atom. The van der Waals surface area contributed by atoms with E-state index in [2.05, 4.69) is 6.58 Å². The van der Waals surface area contributed by atoms with Crippen molar-refractivity contribution in [2.75, 3.05) is 16.4 Å². The number of carbonyl (C=O) groups is 3. The number of aromatic hydroxyl groups is 1. The van der Waals surface area contributed by atoms with Gasteiger partial charge in [-0.3, -0.25) is 9.59 Å². The van der Waals surface area contributed by atoms with Crippen molar-refractivity contribution in [1.82, 2.24) is 0 Å². The number of amides is 4. The summed E-state index contributed by atoms with van der Waals surface area (Å²) >= 11 is 0. The number of phenolic OH excluding ortho intramolecular Hbond substituents is 1. The Morgan fingerprint density at radius 3 is 1.91 bits per heavy atom. The summed E-state index contributed by atoms with van der Waals surface area (Å²) in [5.41, 5.74) is 1.49. The second-order valence-corrected chi connectivity index (χ2v) is 7.75. The number of benzene rings is 3. The van der Waals surface area contributed by atoms with Crippen LogP contribution in [0.15, 0.2) is 91.0 Å². The van der Waals surface area contributed by atoms with Gasteiger partial charge in [-0.05, 0) is 61.4 Å². The van der Waals surface area contributed by atoms with Crippen molar-refractivity contribution in [2.45, 2.75) is 13.3 Å². The molecule has 176 valence electrons. The molecule has 1 N–H and O–H groups in total. The summed E-state index contributed by atoms with van der Waals surface area (Å²) < 4.78 is 5.55. The Hall–Kier alpha value is -4.65. The molecule has 0 atom stereocenters. The number of para-hydroxylation sites is 2. The molecule has 3 aromatic rings. The molecule has 1 aliphatic heterocycles. The fourth-order valence-corrected chi connectivity index (χ4v) is 3.85. The van der Waals surface area contributed by atoms with Gasteiger partial charge in [0.15, 0.2) is 11.5 Å². The van der Waals surface area contributed by atoms with Gasteiger partial charge in [-0.15, -0.1) is 6.58 Å². The van der Waals surface area contributed by atoms with Crippen LogP contribution in [0.25, 0.3) is 6.08 Å². The number of allylic oxidation sites excluding steroid dienone is 1. The lowest BCUT2D eigenvalue weighted by Gasteiger charge is -2.34. The van der Waals surface area contributed by atoms with Gasteiger partial charge < -0.3 is 9.84 Å². The van der Waals surface area contributed by atoms with E-state index in [1.54, 1.807) is 85.8 Å². The summed E-state index contributed by atoms with van der Waals surface area (Å²) in [6.07, 6.45) is 3.40. The van der Waals surface area contributed by atoms with Gasteiger partial charge in [-0.1, -0.05) is 42.5 Å². The molecule has 1 saturated heterocycles. The highest BCUT2D eigenvalue weighted by molar-refractivity contribution is 6.46. The molecule has 0 aliphatic carbocycles. The smallest absolute Gasteiger partial charge is 0.343 e. The molecule has 1 heterocycles. The van der Waals surface area contributed by atoms with Crippen molar-refractivity contribution in [3.8, 4) is 11.5 Å². The first-order valence-corrected chi connectivity index (χ1v) is 11.1. The third-order valence-corrected chi connectivity index (χ3v) is 5.43. The highest BCUT2D eigenvalue weighted by Gasteiger charge is 2.43. The number of rotatable bonds is 7. The fourth-order valence-electron chi connectivity index (χ4n) is 3.85. The molecule has 7 nitrogen and oxygen atoms in total. The van der Waals surface area contributed by atoms with Crippen molar-refractivity contribution in [3.63, 3.8) is 0 Å². The number of hydrogen-bond acceptors (Lipinski definition) is 5. The Labute approximate surface area is 203 Å². The van der Waals surface area contributed by atoms with Crippen LogP contribution in [0.2, 0.25) is 0 Å². The predicted molar refractivity (Wildman–Crippen MR) is 134 cm³/mol. The van der Waals surface area contributed by atoms with Crippen molar-refractivity contribution in [3.05, 3.63) is 102 Å². The van der Waals surface area contributed by atoms with Gasteiger partial charge in [-0.25, -0.2) is 14.6 Å². The quantitative estimate of drug-likeness (QED) is 0.296. The highest BCUT2D eigenvalue weighted by atomic mass is 16.5. The summed E-state index contributed by atoms with van der Waals surface area (Å²) in [5.74, 6) is -1.28. The van der Waals surface area contributed by atoms with E-state index in [-0.39, 0.29) is 17.1 Å². The van der Waals surface area contributed by atoms with E-state index >= 15 is 0 Å². The average Bonchev–Trinajstić information content (AvgIpc) is 2.86. The minimum absolute atomic E-state index is 0.0257. The topological polar surface area (TPSA) is 87.2 Å². The molecular formula is C28H24N2O5. The van der Waals surface area contributed by atoms with Crippen LogP contribution in [0, 0.1) is 0 Å². The number of carbonyl (C=O) groups excluding carboxylic acids is 3. The SMILES string of the molecule is C=CCc1cc(C=C2C(=O)N(c3ccccc3)C(=O)N(c3ccccc3)C2=O)cc(OCC)c1O. The molecule has 0 spiro atoms. The van der Waals surface area contributed by atoms with E-state index in [0.29, 0.717) is 35.5 Å². The summed E-state index contributed by atoms with van der Waals surface area (Å²) in [7, 11) is 0. The Kier molecular flexibility index (Phi) is 6.78. The first kappa shape index (κ1) is 23.5. The van der Waals surface area contributed by atoms with E-state index in [9.17, 15) is 19.5 Å². The summed E-state index contributed by atoms with van der Waals surface area (Å²) in [6.45, 7) is 5.81. The van der Waals surface area contributed by atoms with Crippen LogP contribution in [-0.4, -0.2) is 29.6 Å². The van der Waals surface area contributed by atoms with Crippen molar-refractivity contribution in [1.29, 1.82) is 0 Å². The lowest BCUT2D eigenvalue weighted by Crippen LogP contribution is -2.57. The average molecular weight is 469 g/mol. The first-order valence-electron chi connectivity index (χ1n) is 11.1. The van der Waals surface area contributed by atoms with Crippen LogP contribution in [-0.2, 0) is 16.0 Å². The maximum Gasteiger partial charge on any atom is 0.343 e. The summed E-state index contributed by atoms with van der Waals surface area (Å²) in [6, 6.07) is 19.3. The van der Waals surface area contributed by atoms with Crippen molar-refractivity contribution < 1.29 is 24.2 Å². The zero-order chi connectivity index (χ0) is 24.9. The Balaban J connectivity index is 1.88. The maximum atomic E-state index is 13.5. The Morgan fingerprint density at radius 1 is 0.886 bits per heavy atom. The third-order valence-electron chi connectivity index (χ3n) is 5.43. The fraction of sp³-hybridized carbons (Fsp3) is 0.107. The van der Waals surface area contributed by atoms with Crippen LogP contribution in [0.3, 0.4) is 0 Å². The van der Waals surface area contributed by atoms with Gasteiger partial charge in [-0.2, -0.15) is 0 Å². The lowest BCUT2D eigenvalue weighted by atomic mass is 10.0. The second-order valence-electron chi connectivity index (χ2n) is 7.75. The molecule has 1 aliphatic rings. The van der Waals surface area contributed by atoms with Crippen LogP contribution >= 0.6 is 0 Å². The molecule has 1 fully saturated rings. The zero-order valence-electron chi connectivity index (χ0n) is 19.2. The van der Waals surface area contributed by atoms with Crippen LogP contribution in [0.5, 0.6) is 11.5 Å². The van der Waals surface area contributed by atoms with Crippen LogP contribution in [0.1, 0.15) is 18.1 Å². The number of ether oxygens (including phenoxy) is 1. The number of barbiturate groups is 1. The predicted octanol–water partition coefficient (Wildman–Crippen LogP) is 5.10. The molecule has 4 rings (SSSR count). The highest BCUT2D eigenvalue weighted by Crippen LogP contribution is 2.35. The molecule has 0 bridgehead atoms. The normalized spacial score (nSPS) is 13.7. The van der Waals surface area contributed by atoms with Gasteiger partial charge in [0.05, 0.1) is 18.0 Å². The van der Waals surface area contributed by atoms with Crippen molar-refractivity contribution in [2.24, 2.45) is 0 Å². The van der Waals surface area contributed by atoms with Gasteiger partial charge in [0.25, 0.3) is 11.8 Å². The van der Waals surface area contributed by atoms with E-state index in [0.717, 1.165) is 9.80 Å². The number of urea groups is 1. The third kappa shape index (κ3) is 4.56. The molecule has 0 unspecified atom stereocenters. The number of imide groups is 2. The largest absolute Gasteiger partial charge is 0.504 e. The minimum atomic E-state index is -0.761. The van der Waals surface area contributed by atoms with Gasteiger partial charge in [0.1, 0.15) is 5.57 Å².